The molecular formula is C25H31N3O. The number of rotatable bonds is 4. The number of aromatic nitrogens is 2. The lowest BCUT2D eigenvalue weighted by molar-refractivity contribution is -0.0594. The Balaban J connectivity index is 1.44. The molecule has 29 heavy (non-hydrogen) atoms. The Labute approximate surface area is 173 Å². The highest BCUT2D eigenvalue weighted by Crippen LogP contribution is 2.47. The van der Waals surface area contributed by atoms with E-state index < -0.39 is 5.60 Å². The maximum Gasteiger partial charge on any atom is 0.137 e. The summed E-state index contributed by atoms with van der Waals surface area (Å²) in [5.41, 5.74) is 5.31. The molecule has 0 radical (unpaired) electrons. The van der Waals surface area contributed by atoms with E-state index in [9.17, 15) is 5.11 Å². The molecule has 4 nitrogen and oxygen atoms in total. The highest BCUT2D eigenvalue weighted by Gasteiger charge is 2.48. The molecule has 3 aromatic rings. The van der Waals surface area contributed by atoms with Crippen LogP contribution in [0.1, 0.15) is 67.8 Å². The van der Waals surface area contributed by atoms with Gasteiger partial charge in [0, 0.05) is 35.9 Å². The van der Waals surface area contributed by atoms with Crippen molar-refractivity contribution in [3.63, 3.8) is 0 Å². The summed E-state index contributed by atoms with van der Waals surface area (Å²) in [6.07, 6.45) is 5.86. The van der Waals surface area contributed by atoms with E-state index in [-0.39, 0.29) is 0 Å². The van der Waals surface area contributed by atoms with E-state index in [2.05, 4.69) is 66.0 Å². The average molecular weight is 390 g/mol. The van der Waals surface area contributed by atoms with Crippen molar-refractivity contribution in [1.29, 1.82) is 0 Å². The molecule has 152 valence electrons. The van der Waals surface area contributed by atoms with Gasteiger partial charge in [-0.2, -0.15) is 0 Å². The Morgan fingerprint density at radius 2 is 1.83 bits per heavy atom. The van der Waals surface area contributed by atoms with Crippen molar-refractivity contribution in [2.45, 2.75) is 76.6 Å². The van der Waals surface area contributed by atoms with Gasteiger partial charge in [-0.1, -0.05) is 43.7 Å². The second-order valence-corrected chi connectivity index (χ2v) is 9.43. The van der Waals surface area contributed by atoms with Gasteiger partial charge in [0.15, 0.2) is 0 Å². The zero-order chi connectivity index (χ0) is 20.2. The number of aromatic amines is 1. The molecule has 0 spiro atoms. The predicted octanol–water partition coefficient (Wildman–Crippen LogP) is 5.01. The van der Waals surface area contributed by atoms with Crippen LogP contribution >= 0.6 is 0 Å². The molecule has 2 bridgehead atoms. The van der Waals surface area contributed by atoms with Crippen molar-refractivity contribution in [2.75, 3.05) is 0 Å². The Morgan fingerprint density at radius 3 is 2.48 bits per heavy atom. The largest absolute Gasteiger partial charge is 0.385 e. The summed E-state index contributed by atoms with van der Waals surface area (Å²) < 4.78 is 0. The number of H-pyrrole nitrogens is 1. The van der Waals surface area contributed by atoms with Crippen molar-refractivity contribution < 1.29 is 5.11 Å². The van der Waals surface area contributed by atoms with E-state index in [4.69, 9.17) is 0 Å². The Kier molecular flexibility index (Phi) is 4.52. The molecule has 1 aromatic carbocycles. The van der Waals surface area contributed by atoms with Crippen LogP contribution in [-0.4, -0.2) is 32.1 Å². The molecule has 2 aliphatic heterocycles. The van der Waals surface area contributed by atoms with E-state index >= 15 is 0 Å². The number of aliphatic hydroxyl groups is 1. The van der Waals surface area contributed by atoms with Crippen molar-refractivity contribution in [3.8, 4) is 0 Å². The number of hydrogen-bond donors (Lipinski definition) is 2. The van der Waals surface area contributed by atoms with Gasteiger partial charge in [-0.05, 0) is 61.8 Å². The number of hydrogen-bond acceptors (Lipinski definition) is 3. The van der Waals surface area contributed by atoms with E-state index in [0.29, 0.717) is 18.0 Å². The van der Waals surface area contributed by atoms with Crippen LogP contribution in [0.2, 0.25) is 0 Å². The number of piperidine rings is 1. The molecule has 4 heteroatoms. The molecular weight excluding hydrogens is 358 g/mol. The zero-order valence-electron chi connectivity index (χ0n) is 17.7. The van der Waals surface area contributed by atoms with Gasteiger partial charge in [0.2, 0.25) is 0 Å². The fourth-order valence-corrected chi connectivity index (χ4v) is 5.62. The third-order valence-electron chi connectivity index (χ3n) is 7.14. The first-order chi connectivity index (χ1) is 13.9. The molecule has 2 atom stereocenters. The number of fused-ring (bicyclic) bond motifs is 3. The molecule has 2 fully saturated rings. The average Bonchev–Trinajstić information content (AvgIpc) is 3.18. The molecule has 2 aromatic heterocycles. The molecule has 2 N–H and O–H groups in total. The Hall–Kier alpha value is -2.17. The Bertz CT molecular complexity index is 1010. The fraction of sp³-hybridized carbons (Fsp3) is 0.480. The summed E-state index contributed by atoms with van der Waals surface area (Å²) in [4.78, 5) is 10.8. The second-order valence-electron chi connectivity index (χ2n) is 9.43. The van der Waals surface area contributed by atoms with Crippen molar-refractivity contribution >= 4 is 11.0 Å². The van der Waals surface area contributed by atoms with Gasteiger partial charge in [0.1, 0.15) is 5.65 Å². The first-order valence-corrected chi connectivity index (χ1v) is 11.0. The first-order valence-electron chi connectivity index (χ1n) is 11.0. The van der Waals surface area contributed by atoms with Gasteiger partial charge < -0.3 is 10.1 Å². The minimum atomic E-state index is -0.696. The van der Waals surface area contributed by atoms with Crippen LogP contribution in [0.3, 0.4) is 0 Å². The monoisotopic (exact) mass is 389 g/mol. The summed E-state index contributed by atoms with van der Waals surface area (Å²) in [6, 6.07) is 13.6. The van der Waals surface area contributed by atoms with Gasteiger partial charge in [-0.25, -0.2) is 4.98 Å². The molecule has 2 aliphatic rings. The lowest BCUT2D eigenvalue weighted by Crippen LogP contribution is -2.49. The third kappa shape index (κ3) is 3.19. The molecule has 4 heterocycles. The maximum atomic E-state index is 11.5. The van der Waals surface area contributed by atoms with E-state index in [1.807, 2.05) is 12.3 Å². The van der Waals surface area contributed by atoms with Crippen LogP contribution in [0, 0.1) is 6.92 Å². The highest BCUT2D eigenvalue weighted by atomic mass is 16.3. The van der Waals surface area contributed by atoms with Crippen LogP contribution in [0.5, 0.6) is 0 Å². The van der Waals surface area contributed by atoms with Crippen molar-refractivity contribution in [3.05, 3.63) is 65.0 Å². The molecule has 5 rings (SSSR count). The molecule has 0 amide bonds. The van der Waals surface area contributed by atoms with Crippen LogP contribution in [0.25, 0.3) is 11.0 Å². The van der Waals surface area contributed by atoms with Crippen LogP contribution in [0.4, 0.5) is 0 Å². The maximum absolute atomic E-state index is 11.5. The molecule has 2 saturated heterocycles. The number of pyridine rings is 1. The van der Waals surface area contributed by atoms with Gasteiger partial charge >= 0.3 is 0 Å². The summed E-state index contributed by atoms with van der Waals surface area (Å²) >= 11 is 0. The molecule has 0 saturated carbocycles. The summed E-state index contributed by atoms with van der Waals surface area (Å²) in [5.74, 6) is 0.436. The lowest BCUT2D eigenvalue weighted by Gasteiger charge is -2.44. The smallest absolute Gasteiger partial charge is 0.137 e. The minimum absolute atomic E-state index is 0.432. The van der Waals surface area contributed by atoms with Crippen LogP contribution in [-0.2, 0) is 12.1 Å². The summed E-state index contributed by atoms with van der Waals surface area (Å²) in [7, 11) is 0. The van der Waals surface area contributed by atoms with Gasteiger partial charge in [-0.3, -0.25) is 4.90 Å². The number of aryl methyl sites for hydroxylation is 1. The van der Waals surface area contributed by atoms with Crippen LogP contribution < -0.4 is 0 Å². The van der Waals surface area contributed by atoms with Gasteiger partial charge in [-0.15, -0.1) is 0 Å². The number of nitrogens with one attached hydrogen (secondary N) is 1. The zero-order valence-corrected chi connectivity index (χ0v) is 17.7. The summed E-state index contributed by atoms with van der Waals surface area (Å²) in [5, 5.41) is 12.8. The van der Waals surface area contributed by atoms with Gasteiger partial charge in [0.05, 0.1) is 5.60 Å². The predicted molar refractivity (Wildman–Crippen MR) is 117 cm³/mol. The fourth-order valence-electron chi connectivity index (χ4n) is 5.62. The van der Waals surface area contributed by atoms with Crippen molar-refractivity contribution in [2.24, 2.45) is 0 Å². The lowest BCUT2D eigenvalue weighted by atomic mass is 9.80. The van der Waals surface area contributed by atoms with E-state index in [0.717, 1.165) is 30.6 Å². The Morgan fingerprint density at radius 1 is 1.14 bits per heavy atom. The summed E-state index contributed by atoms with van der Waals surface area (Å²) in [6.45, 7) is 7.53. The normalized spacial score (nSPS) is 27.2. The molecule has 0 unspecified atom stereocenters. The van der Waals surface area contributed by atoms with E-state index in [1.165, 1.54) is 35.0 Å². The van der Waals surface area contributed by atoms with E-state index in [1.54, 1.807) is 0 Å². The van der Waals surface area contributed by atoms with Crippen LogP contribution in [0.15, 0.2) is 42.6 Å². The first kappa shape index (κ1) is 18.8. The molecule has 0 aliphatic carbocycles. The van der Waals surface area contributed by atoms with Crippen molar-refractivity contribution in [1.82, 2.24) is 14.9 Å². The highest BCUT2D eigenvalue weighted by molar-refractivity contribution is 5.81. The quantitative estimate of drug-likeness (QED) is 0.659. The minimum Gasteiger partial charge on any atom is -0.385 e. The van der Waals surface area contributed by atoms with Gasteiger partial charge in [0.25, 0.3) is 0 Å². The third-order valence-corrected chi connectivity index (χ3v) is 7.14. The number of benzene rings is 1. The topological polar surface area (TPSA) is 52.1 Å². The second kappa shape index (κ2) is 6.96. The standard InChI is InChI=1S/C25H31N3O/c1-16(2)23-22(21-5-4-12-26-24(21)27-23)15-28-19-10-11-20(28)14-25(29,13-19)18-8-6-17(3)7-9-18/h4-9,12,16,19-20,29H,10-11,13-15H2,1-3H3,(H,26,27)/t19-,20-/m0/s1. The SMILES string of the molecule is Cc1ccc(C2(O)C[C@@H]3CC[C@@H](C2)N3Cc2c(C(C)C)[nH]c3ncccc23)cc1. The number of nitrogens with zero attached hydrogens (tertiary/aromatic N) is 2.